The first kappa shape index (κ1) is 39.2. The first-order chi connectivity index (χ1) is 24.6. The molecule has 2 aliphatic rings. The zero-order valence-corrected chi connectivity index (χ0v) is 30.0. The zero-order valence-electron chi connectivity index (χ0n) is 29.1. The van der Waals surface area contributed by atoms with Crippen LogP contribution in [-0.2, 0) is 37.4 Å². The number of carbonyl (C=O) groups excluding carboxylic acids is 1. The minimum absolute atomic E-state index is 0.0999. The largest absolute Gasteiger partial charge is 0.472 e. The van der Waals surface area contributed by atoms with Crippen molar-refractivity contribution in [3.8, 4) is 12.3 Å². The Morgan fingerprint density at radius 3 is 2.54 bits per heavy atom. The van der Waals surface area contributed by atoms with Gasteiger partial charge in [0.1, 0.15) is 30.2 Å². The zero-order chi connectivity index (χ0) is 37.9. The fraction of sp³-hybridized carbons (Fsp3) is 0.613. The highest BCUT2D eigenvalue weighted by atomic mass is 31.2. The Kier molecular flexibility index (Phi) is 12.3. The number of methoxy groups -OCH3 is 1. The van der Waals surface area contributed by atoms with E-state index in [-0.39, 0.29) is 42.8 Å². The molecular weight excluding hydrogens is 710 g/mol. The van der Waals surface area contributed by atoms with Crippen molar-refractivity contribution < 1.29 is 46.6 Å². The van der Waals surface area contributed by atoms with Crippen molar-refractivity contribution in [2.45, 2.75) is 89.4 Å². The summed E-state index contributed by atoms with van der Waals surface area (Å²) in [5.74, 6) is 0.768. The fourth-order valence-electron chi connectivity index (χ4n) is 6.18. The summed E-state index contributed by atoms with van der Waals surface area (Å²) in [6.45, 7) is 5.95. The molecule has 4 N–H and O–H groups in total. The van der Waals surface area contributed by atoms with E-state index in [0.717, 1.165) is 16.8 Å². The van der Waals surface area contributed by atoms with E-state index in [1.165, 1.54) is 29.2 Å². The molecule has 1 amide bonds. The average Bonchev–Trinajstić information content (AvgIpc) is 3.73. The minimum atomic E-state index is -4.73. The van der Waals surface area contributed by atoms with E-state index in [4.69, 9.17) is 40.2 Å². The number of carbonyl (C=O) groups is 1. The summed E-state index contributed by atoms with van der Waals surface area (Å²) in [6, 6.07) is 1.05. The van der Waals surface area contributed by atoms with E-state index < -0.39 is 86.5 Å². The van der Waals surface area contributed by atoms with Crippen LogP contribution in [0.1, 0.15) is 46.6 Å². The third-order valence-corrected chi connectivity index (χ3v) is 9.65. The number of hydrogen-bond acceptors (Lipinski definition) is 14. The van der Waals surface area contributed by atoms with E-state index in [2.05, 4.69) is 25.9 Å². The number of aromatic nitrogens is 6. The van der Waals surface area contributed by atoms with E-state index in [1.54, 1.807) is 27.7 Å². The van der Waals surface area contributed by atoms with Crippen LogP contribution >= 0.6 is 7.82 Å². The molecule has 0 radical (unpaired) electrons. The SMILES string of the molecule is C#CCN(C[C@H]1O[C@@H](n2cnc3c(N)ncnc32)[C@H](OC)[C@@H]1OP(=O)(O)OC(C)C)C(=O)C[C@H]1[C@@H](F)[C@H](n2ccc(=O)[nH]c2=O)O[C@@H]1COC(C)C. The molecule has 1 unspecified atom stereocenters. The monoisotopic (exact) mass is 752 g/mol. The van der Waals surface area contributed by atoms with Gasteiger partial charge in [0.25, 0.3) is 5.56 Å². The van der Waals surface area contributed by atoms with E-state index in [9.17, 15) is 23.8 Å². The Labute approximate surface area is 297 Å². The molecule has 0 aromatic carbocycles. The molecular formula is C31H42FN8O11P. The lowest BCUT2D eigenvalue weighted by atomic mass is 9.94. The molecule has 21 heteroatoms. The van der Waals surface area contributed by atoms with Gasteiger partial charge in [-0.3, -0.25) is 32.8 Å². The number of imidazole rings is 1. The van der Waals surface area contributed by atoms with Crippen molar-refractivity contribution in [2.75, 3.05) is 32.5 Å². The van der Waals surface area contributed by atoms with Crippen molar-refractivity contribution >= 4 is 30.7 Å². The standard InChI is InChI=1S/C31H42FN8O11P/c1-7-9-38(22(42)11-18-20(13-47-16(2)3)49-29(23(18)32)39-10-8-21(41)37-31(39)43)12-19-25(51-52(44,45)50-17(4)5)26(46-6)30(48-19)40-15-36-24-27(33)34-14-35-28(24)40/h1,8,10,14-20,23,25-26,29-30H,9,11-13H2,2-6H3,(H,44,45)(H2,33,34,35)(H,37,41,43)/t18-,19-,20-,23-,25-,26-,29-,30-/m1/s1. The highest BCUT2D eigenvalue weighted by Gasteiger charge is 2.52. The van der Waals surface area contributed by atoms with Gasteiger partial charge in [0.05, 0.1) is 44.3 Å². The molecule has 5 rings (SSSR count). The van der Waals surface area contributed by atoms with Gasteiger partial charge in [0.2, 0.25) is 5.91 Å². The Morgan fingerprint density at radius 2 is 1.88 bits per heavy atom. The number of rotatable bonds is 15. The maximum atomic E-state index is 16.2. The van der Waals surface area contributed by atoms with Crippen LogP contribution in [0.15, 0.2) is 34.5 Å². The molecule has 2 saturated heterocycles. The Balaban J connectivity index is 1.44. The third-order valence-electron chi connectivity index (χ3n) is 8.46. The minimum Gasteiger partial charge on any atom is -0.382 e. The van der Waals surface area contributed by atoms with Crippen molar-refractivity contribution in [1.29, 1.82) is 0 Å². The molecule has 0 saturated carbocycles. The lowest BCUT2D eigenvalue weighted by molar-refractivity contribution is -0.136. The van der Waals surface area contributed by atoms with E-state index in [0.29, 0.717) is 0 Å². The lowest BCUT2D eigenvalue weighted by Gasteiger charge is -2.30. The number of H-pyrrole nitrogens is 1. The second-order valence-electron chi connectivity index (χ2n) is 12.8. The van der Waals surface area contributed by atoms with Gasteiger partial charge in [0.15, 0.2) is 30.1 Å². The number of ether oxygens (including phenoxy) is 4. The number of anilines is 1. The van der Waals surface area contributed by atoms with Gasteiger partial charge in [-0.25, -0.2) is 28.7 Å². The van der Waals surface area contributed by atoms with E-state index >= 15 is 4.39 Å². The number of nitrogens with zero attached hydrogens (tertiary/aromatic N) is 6. The first-order valence-corrected chi connectivity index (χ1v) is 17.9. The maximum absolute atomic E-state index is 16.2. The summed E-state index contributed by atoms with van der Waals surface area (Å²) in [5.41, 5.74) is 4.95. The van der Waals surface area contributed by atoms with Crippen molar-refractivity contribution in [1.82, 2.24) is 34.0 Å². The summed E-state index contributed by atoms with van der Waals surface area (Å²) in [6.07, 6.45) is -1.03. The normalized spacial score (nSPS) is 27.3. The van der Waals surface area contributed by atoms with Crippen LogP contribution in [0.5, 0.6) is 0 Å². The Bertz CT molecular complexity index is 1930. The number of nitrogens with two attached hydrogens (primary N) is 1. The number of nitrogen functional groups attached to an aromatic ring is 1. The first-order valence-electron chi connectivity index (χ1n) is 16.4. The Hall–Kier alpha value is -4.06. The van der Waals surface area contributed by atoms with Gasteiger partial charge in [-0.05, 0) is 27.7 Å². The summed E-state index contributed by atoms with van der Waals surface area (Å²) in [5, 5.41) is 0. The summed E-state index contributed by atoms with van der Waals surface area (Å²) in [4.78, 5) is 64.6. The van der Waals surface area contributed by atoms with Crippen LogP contribution in [0.4, 0.5) is 10.2 Å². The highest BCUT2D eigenvalue weighted by Crippen LogP contribution is 2.50. The van der Waals surface area contributed by atoms with Gasteiger partial charge < -0.3 is 34.5 Å². The van der Waals surface area contributed by atoms with E-state index in [1.807, 2.05) is 0 Å². The molecule has 5 heterocycles. The van der Waals surface area contributed by atoms with Gasteiger partial charge >= 0.3 is 13.5 Å². The molecule has 19 nitrogen and oxygen atoms in total. The predicted molar refractivity (Wildman–Crippen MR) is 180 cm³/mol. The third kappa shape index (κ3) is 8.59. The fourth-order valence-corrected chi connectivity index (χ4v) is 7.33. The van der Waals surface area contributed by atoms with Crippen molar-refractivity contribution in [2.24, 2.45) is 5.92 Å². The quantitative estimate of drug-likeness (QED) is 0.145. The summed E-state index contributed by atoms with van der Waals surface area (Å²) >= 11 is 0. The van der Waals surface area contributed by atoms with Crippen LogP contribution in [0, 0.1) is 18.3 Å². The second-order valence-corrected chi connectivity index (χ2v) is 14.2. The molecule has 2 aliphatic heterocycles. The molecule has 9 atom stereocenters. The number of nitrogens with one attached hydrogen (secondary N) is 1. The van der Waals surface area contributed by atoms with Gasteiger partial charge in [0, 0.05) is 31.7 Å². The van der Waals surface area contributed by atoms with Gasteiger partial charge in [-0.2, -0.15) is 0 Å². The average molecular weight is 753 g/mol. The highest BCUT2D eigenvalue weighted by molar-refractivity contribution is 7.47. The van der Waals surface area contributed by atoms with Gasteiger partial charge in [-0.1, -0.05) is 5.92 Å². The number of phosphoric acid groups is 1. The van der Waals surface area contributed by atoms with Crippen LogP contribution < -0.4 is 17.0 Å². The molecule has 2 fully saturated rings. The molecule has 0 aliphatic carbocycles. The number of alkyl halides is 1. The summed E-state index contributed by atoms with van der Waals surface area (Å²) in [7, 11) is -3.40. The van der Waals surface area contributed by atoms with Crippen molar-refractivity contribution in [3.05, 3.63) is 45.8 Å². The molecule has 52 heavy (non-hydrogen) atoms. The number of hydrogen-bond donors (Lipinski definition) is 3. The number of amides is 1. The van der Waals surface area contributed by atoms with Gasteiger partial charge in [-0.15, -0.1) is 6.42 Å². The topological polar surface area (TPSA) is 237 Å². The molecule has 284 valence electrons. The number of terminal acetylenes is 1. The number of phosphoric ester groups is 1. The molecule has 3 aromatic heterocycles. The second kappa shape index (κ2) is 16.3. The lowest BCUT2D eigenvalue weighted by Crippen LogP contribution is -2.45. The number of fused-ring (bicyclic) bond motifs is 1. The predicted octanol–water partition coefficient (Wildman–Crippen LogP) is 0.910. The molecule has 0 bridgehead atoms. The maximum Gasteiger partial charge on any atom is 0.472 e. The number of halogens is 1. The van der Waals surface area contributed by atoms with Crippen LogP contribution in [-0.4, -0.2) is 114 Å². The molecule has 0 spiro atoms. The smallest absolute Gasteiger partial charge is 0.382 e. The van der Waals surface area contributed by atoms with Crippen LogP contribution in [0.2, 0.25) is 0 Å². The molecule has 3 aromatic rings. The summed E-state index contributed by atoms with van der Waals surface area (Å²) < 4.78 is 66.2. The van der Waals surface area contributed by atoms with Crippen LogP contribution in [0.25, 0.3) is 11.2 Å². The van der Waals surface area contributed by atoms with Crippen molar-refractivity contribution in [3.63, 3.8) is 0 Å². The number of aromatic amines is 1. The van der Waals surface area contributed by atoms with Crippen LogP contribution in [0.3, 0.4) is 0 Å². The Morgan fingerprint density at radius 1 is 1.15 bits per heavy atom.